The highest BCUT2D eigenvalue weighted by Gasteiger charge is 2.29. The molecule has 1 aliphatic carbocycles. The fourth-order valence-electron chi connectivity index (χ4n) is 4.61. The van der Waals surface area contributed by atoms with E-state index in [-0.39, 0.29) is 17.1 Å². The number of carbonyl (C=O) groups is 2. The molecule has 1 N–H and O–H groups in total. The van der Waals surface area contributed by atoms with Crippen LogP contribution in [-0.2, 0) is 22.4 Å². The standard InChI is InChI=1S/C27H32N2O3S2/c1-6-20(33-22-14-16(4)19-13-15(3)12-17(5)24(19)28-22)25(30)29-26-23(27(31)32-7-2)18-10-8-9-11-21(18)34-26/h12-14,20H,6-11H2,1-5H3,(H,29,30). The van der Waals surface area contributed by atoms with Gasteiger partial charge in [0.1, 0.15) is 5.00 Å². The van der Waals surface area contributed by atoms with Crippen molar-refractivity contribution in [1.29, 1.82) is 0 Å². The van der Waals surface area contributed by atoms with Gasteiger partial charge in [-0.2, -0.15) is 0 Å². The largest absolute Gasteiger partial charge is 0.462 e. The van der Waals surface area contributed by atoms with Crippen molar-refractivity contribution < 1.29 is 14.3 Å². The number of benzene rings is 1. The topological polar surface area (TPSA) is 68.3 Å². The molecule has 1 atom stereocenters. The van der Waals surface area contributed by atoms with Gasteiger partial charge in [-0.15, -0.1) is 11.3 Å². The highest BCUT2D eigenvalue weighted by molar-refractivity contribution is 8.00. The Morgan fingerprint density at radius 2 is 1.88 bits per heavy atom. The first-order valence-electron chi connectivity index (χ1n) is 12.0. The molecule has 5 nitrogen and oxygen atoms in total. The lowest BCUT2D eigenvalue weighted by Gasteiger charge is -2.16. The summed E-state index contributed by atoms with van der Waals surface area (Å²) in [5, 5.41) is 5.39. The summed E-state index contributed by atoms with van der Waals surface area (Å²) in [6.07, 6.45) is 4.64. The number of esters is 1. The molecule has 1 amide bonds. The van der Waals surface area contributed by atoms with E-state index in [1.54, 1.807) is 6.92 Å². The molecule has 0 aliphatic heterocycles. The lowest BCUT2D eigenvalue weighted by Crippen LogP contribution is -2.25. The summed E-state index contributed by atoms with van der Waals surface area (Å²) >= 11 is 3.01. The summed E-state index contributed by atoms with van der Waals surface area (Å²) < 4.78 is 5.33. The number of nitrogens with zero attached hydrogens (tertiary/aromatic N) is 1. The van der Waals surface area contributed by atoms with Gasteiger partial charge < -0.3 is 10.1 Å². The van der Waals surface area contributed by atoms with Crippen LogP contribution in [0, 0.1) is 20.8 Å². The van der Waals surface area contributed by atoms with Crippen molar-refractivity contribution in [3.05, 3.63) is 50.9 Å². The molecule has 1 unspecified atom stereocenters. The second-order valence-corrected chi connectivity index (χ2v) is 11.2. The number of aryl methyl sites for hydroxylation is 4. The molecule has 0 spiro atoms. The second-order valence-electron chi connectivity index (χ2n) is 8.89. The number of pyridine rings is 1. The molecule has 0 saturated heterocycles. The zero-order chi connectivity index (χ0) is 24.4. The van der Waals surface area contributed by atoms with E-state index < -0.39 is 0 Å². The average Bonchev–Trinajstić information content (AvgIpc) is 3.16. The monoisotopic (exact) mass is 496 g/mol. The molecule has 0 bridgehead atoms. The lowest BCUT2D eigenvalue weighted by atomic mass is 9.95. The summed E-state index contributed by atoms with van der Waals surface area (Å²) in [4.78, 5) is 32.2. The number of aromatic nitrogens is 1. The summed E-state index contributed by atoms with van der Waals surface area (Å²) in [7, 11) is 0. The predicted molar refractivity (Wildman–Crippen MR) is 141 cm³/mol. The zero-order valence-corrected chi connectivity index (χ0v) is 22.2. The van der Waals surface area contributed by atoms with E-state index in [1.165, 1.54) is 33.5 Å². The number of carbonyl (C=O) groups excluding carboxylic acids is 2. The van der Waals surface area contributed by atoms with Crippen LogP contribution < -0.4 is 5.32 Å². The molecule has 2 aromatic heterocycles. The number of hydrogen-bond donors (Lipinski definition) is 1. The summed E-state index contributed by atoms with van der Waals surface area (Å²) in [6, 6.07) is 6.37. The number of ether oxygens (including phenoxy) is 1. The number of thioether (sulfide) groups is 1. The van der Waals surface area contributed by atoms with E-state index >= 15 is 0 Å². The molecule has 1 aromatic carbocycles. The highest BCUT2D eigenvalue weighted by atomic mass is 32.2. The van der Waals surface area contributed by atoms with Gasteiger partial charge in [0.2, 0.25) is 5.91 Å². The van der Waals surface area contributed by atoms with E-state index in [4.69, 9.17) is 9.72 Å². The van der Waals surface area contributed by atoms with Gasteiger partial charge in [-0.1, -0.05) is 30.3 Å². The summed E-state index contributed by atoms with van der Waals surface area (Å²) in [5.74, 6) is -0.438. The van der Waals surface area contributed by atoms with Gasteiger partial charge in [0.05, 0.1) is 28.0 Å². The SMILES string of the molecule is CCOC(=O)c1c(NC(=O)C(CC)Sc2cc(C)c3cc(C)cc(C)c3n2)sc2c1CCCC2. The number of anilines is 1. The first-order chi connectivity index (χ1) is 16.3. The fourth-order valence-corrected chi connectivity index (χ4v) is 6.90. The van der Waals surface area contributed by atoms with Crippen LogP contribution in [0.3, 0.4) is 0 Å². The number of thiophene rings is 1. The molecule has 7 heteroatoms. The predicted octanol–water partition coefficient (Wildman–Crippen LogP) is 6.79. The third kappa shape index (κ3) is 5.01. The quantitative estimate of drug-likeness (QED) is 0.288. The Bertz CT molecular complexity index is 1250. The van der Waals surface area contributed by atoms with Crippen LogP contribution in [0.1, 0.15) is 70.6 Å². The lowest BCUT2D eigenvalue weighted by molar-refractivity contribution is -0.115. The van der Waals surface area contributed by atoms with Gasteiger partial charge in [-0.3, -0.25) is 4.79 Å². The Morgan fingerprint density at radius 3 is 2.62 bits per heavy atom. The van der Waals surface area contributed by atoms with Gasteiger partial charge in [0.15, 0.2) is 0 Å². The van der Waals surface area contributed by atoms with Crippen LogP contribution in [0.2, 0.25) is 0 Å². The van der Waals surface area contributed by atoms with Crippen molar-refractivity contribution in [1.82, 2.24) is 4.98 Å². The van der Waals surface area contributed by atoms with Crippen molar-refractivity contribution in [2.45, 2.75) is 77.0 Å². The third-order valence-corrected chi connectivity index (χ3v) is 8.74. The van der Waals surface area contributed by atoms with Gasteiger partial charge >= 0.3 is 5.97 Å². The normalized spacial score (nSPS) is 14.0. The second kappa shape index (κ2) is 10.5. The molecule has 3 aromatic rings. The maximum Gasteiger partial charge on any atom is 0.341 e. The number of fused-ring (bicyclic) bond motifs is 2. The zero-order valence-electron chi connectivity index (χ0n) is 20.5. The third-order valence-electron chi connectivity index (χ3n) is 6.25. The van der Waals surface area contributed by atoms with Gasteiger partial charge in [-0.05, 0) is 88.6 Å². The Hall–Kier alpha value is -2.38. The number of rotatable bonds is 7. The molecule has 1 aliphatic rings. The minimum absolute atomic E-state index is 0.100. The molecular weight excluding hydrogens is 464 g/mol. The van der Waals surface area contributed by atoms with Crippen molar-refractivity contribution in [2.75, 3.05) is 11.9 Å². The van der Waals surface area contributed by atoms with Crippen molar-refractivity contribution >= 4 is 50.9 Å². The van der Waals surface area contributed by atoms with Crippen LogP contribution in [-0.4, -0.2) is 28.7 Å². The minimum Gasteiger partial charge on any atom is -0.462 e. The maximum absolute atomic E-state index is 13.3. The Morgan fingerprint density at radius 1 is 1.12 bits per heavy atom. The maximum atomic E-state index is 13.3. The van der Waals surface area contributed by atoms with Crippen molar-refractivity contribution in [3.8, 4) is 0 Å². The van der Waals surface area contributed by atoms with E-state index in [0.29, 0.717) is 23.6 Å². The Kier molecular flexibility index (Phi) is 7.63. The van der Waals surface area contributed by atoms with E-state index in [2.05, 4.69) is 44.3 Å². The van der Waals surface area contributed by atoms with E-state index in [0.717, 1.165) is 58.3 Å². The Balaban J connectivity index is 1.60. The molecule has 2 heterocycles. The average molecular weight is 497 g/mol. The van der Waals surface area contributed by atoms with Crippen LogP contribution in [0.25, 0.3) is 10.9 Å². The first-order valence-corrected chi connectivity index (χ1v) is 13.7. The van der Waals surface area contributed by atoms with Gasteiger partial charge in [0, 0.05) is 10.3 Å². The highest BCUT2D eigenvalue weighted by Crippen LogP contribution is 2.39. The molecule has 0 radical (unpaired) electrons. The number of nitrogens with one attached hydrogen (secondary N) is 1. The van der Waals surface area contributed by atoms with Crippen molar-refractivity contribution in [2.24, 2.45) is 0 Å². The van der Waals surface area contributed by atoms with Crippen LogP contribution in [0.4, 0.5) is 5.00 Å². The summed E-state index contributed by atoms with van der Waals surface area (Å²) in [6.45, 7) is 10.4. The molecule has 0 saturated carbocycles. The number of amides is 1. The fraction of sp³-hybridized carbons (Fsp3) is 0.444. The van der Waals surface area contributed by atoms with Crippen LogP contribution >= 0.6 is 23.1 Å². The van der Waals surface area contributed by atoms with Gasteiger partial charge in [0.25, 0.3) is 0 Å². The number of hydrogen-bond acceptors (Lipinski definition) is 6. The van der Waals surface area contributed by atoms with Crippen LogP contribution in [0.15, 0.2) is 23.2 Å². The molecule has 34 heavy (non-hydrogen) atoms. The molecule has 180 valence electrons. The molecular formula is C27H32N2O3S2. The van der Waals surface area contributed by atoms with E-state index in [9.17, 15) is 9.59 Å². The van der Waals surface area contributed by atoms with Crippen molar-refractivity contribution in [3.63, 3.8) is 0 Å². The molecule has 4 rings (SSSR count). The smallest absolute Gasteiger partial charge is 0.341 e. The molecule has 0 fully saturated rings. The van der Waals surface area contributed by atoms with Gasteiger partial charge in [-0.25, -0.2) is 9.78 Å². The van der Waals surface area contributed by atoms with E-state index in [1.807, 2.05) is 6.92 Å². The minimum atomic E-state index is -0.338. The summed E-state index contributed by atoms with van der Waals surface area (Å²) in [5.41, 5.74) is 6.12. The Labute approximate surface area is 209 Å². The van der Waals surface area contributed by atoms with Crippen LogP contribution in [0.5, 0.6) is 0 Å². The first kappa shape index (κ1) is 24.7.